The van der Waals surface area contributed by atoms with E-state index in [1.807, 2.05) is 0 Å². The summed E-state index contributed by atoms with van der Waals surface area (Å²) >= 11 is 0. The van der Waals surface area contributed by atoms with E-state index in [0.29, 0.717) is 0 Å². The quantitative estimate of drug-likeness (QED) is 0.559. The lowest BCUT2D eigenvalue weighted by Gasteiger charge is -2.22. The number of nitrogens with zero attached hydrogens (tertiary/aromatic N) is 1. The van der Waals surface area contributed by atoms with Crippen molar-refractivity contribution in [3.05, 3.63) is 0 Å². The Labute approximate surface area is 110 Å². The van der Waals surface area contributed by atoms with Crippen LogP contribution in [0.2, 0.25) is 0 Å². The Morgan fingerprint density at radius 3 is 2.11 bits per heavy atom. The molecule has 0 aromatic carbocycles. The van der Waals surface area contributed by atoms with Crippen LogP contribution in [0.4, 0.5) is 4.79 Å². The van der Waals surface area contributed by atoms with Gasteiger partial charge in [-0.15, -0.1) is 0 Å². The highest BCUT2D eigenvalue weighted by Gasteiger charge is 2.35. The number of aliphatic hydroxyl groups excluding tert-OH is 2. The van der Waals surface area contributed by atoms with E-state index >= 15 is 0 Å². The highest BCUT2D eigenvalue weighted by molar-refractivity contribution is 5.71. The second-order valence-electron chi connectivity index (χ2n) is 4.52. The molecule has 0 saturated carbocycles. The van der Waals surface area contributed by atoms with Gasteiger partial charge in [0, 0.05) is 6.92 Å². The summed E-state index contributed by atoms with van der Waals surface area (Å²) in [7, 11) is 0. The number of hydrogen-bond donors (Lipinski definition) is 2. The predicted octanol–water partition coefficient (Wildman–Crippen LogP) is 0.332. The number of ether oxygens (including phenoxy) is 2. The van der Waals surface area contributed by atoms with Crippen LogP contribution in [0.3, 0.4) is 0 Å². The van der Waals surface area contributed by atoms with Gasteiger partial charge < -0.3 is 24.5 Å². The monoisotopic (exact) mass is 277 g/mol. The molecule has 3 unspecified atom stereocenters. The third-order valence-electron chi connectivity index (χ3n) is 2.47. The second-order valence-corrected chi connectivity index (χ2v) is 4.52. The summed E-state index contributed by atoms with van der Waals surface area (Å²) in [5.41, 5.74) is 0. The summed E-state index contributed by atoms with van der Waals surface area (Å²) in [4.78, 5) is 27.2. The zero-order chi connectivity index (χ0) is 14.6. The molecule has 3 atom stereocenters. The Hall–Kier alpha value is -1.38. The van der Waals surface area contributed by atoms with Gasteiger partial charge in [0.15, 0.2) is 0 Å². The number of esters is 1. The normalized spacial score (nSPS) is 25.2. The maximum absolute atomic E-state index is 11.4. The molecule has 1 fully saturated rings. The minimum absolute atomic E-state index is 0.284. The molecule has 1 heterocycles. The van der Waals surface area contributed by atoms with Gasteiger partial charge in [-0.05, 0) is 12.8 Å². The number of aliphatic hydroxyl groups is 2. The van der Waals surface area contributed by atoms with Crippen molar-refractivity contribution >= 4 is 12.1 Å². The Bertz CT molecular complexity index is 323. The van der Waals surface area contributed by atoms with Crippen LogP contribution in [0.15, 0.2) is 0 Å². The van der Waals surface area contributed by atoms with Gasteiger partial charge >= 0.3 is 12.1 Å². The minimum Gasteiger partial charge on any atom is -0.425 e. The Balaban J connectivity index is 2.36. The smallest absolute Gasteiger partial charge is 0.425 e. The van der Waals surface area contributed by atoms with Gasteiger partial charge in [-0.1, -0.05) is 18.9 Å². The molecule has 0 aliphatic carbocycles. The summed E-state index contributed by atoms with van der Waals surface area (Å²) in [6.07, 6.45) is -3.85. The van der Waals surface area contributed by atoms with E-state index in [0.717, 1.165) is 5.06 Å². The molecule has 0 aromatic rings. The van der Waals surface area contributed by atoms with Crippen LogP contribution in [0, 0.1) is 5.92 Å². The van der Waals surface area contributed by atoms with Crippen molar-refractivity contribution in [3.8, 4) is 0 Å². The second kappa shape index (κ2) is 6.69. The Kier molecular flexibility index (Phi) is 5.52. The van der Waals surface area contributed by atoms with Crippen LogP contribution in [-0.2, 0) is 19.1 Å². The molecule has 0 radical (unpaired) electrons. The maximum Gasteiger partial charge on any atom is 0.531 e. The first kappa shape index (κ1) is 15.7. The molecule has 0 spiro atoms. The van der Waals surface area contributed by atoms with E-state index in [2.05, 4.69) is 9.57 Å². The molecule has 0 aromatic heterocycles. The molecule has 1 rings (SSSR count). The third kappa shape index (κ3) is 4.66. The lowest BCUT2D eigenvalue weighted by atomic mass is 10.2. The van der Waals surface area contributed by atoms with Crippen molar-refractivity contribution < 1.29 is 34.1 Å². The summed E-state index contributed by atoms with van der Waals surface area (Å²) < 4.78 is 9.46. The number of hydrogen-bond acceptors (Lipinski definition) is 8. The topological polar surface area (TPSA) is 106 Å². The molecule has 8 heteroatoms. The van der Waals surface area contributed by atoms with Gasteiger partial charge in [0.05, 0.1) is 5.92 Å². The van der Waals surface area contributed by atoms with Gasteiger partial charge in [0.1, 0.15) is 12.5 Å². The lowest BCUT2D eigenvalue weighted by molar-refractivity contribution is -0.255. The summed E-state index contributed by atoms with van der Waals surface area (Å²) in [5.74, 6) is -0.856. The number of rotatable bonds is 4. The molecular weight excluding hydrogens is 258 g/mol. The van der Waals surface area contributed by atoms with Gasteiger partial charge in [-0.2, -0.15) is 0 Å². The third-order valence-corrected chi connectivity index (χ3v) is 2.47. The van der Waals surface area contributed by atoms with Crippen molar-refractivity contribution in [2.75, 3.05) is 0 Å². The fourth-order valence-corrected chi connectivity index (χ4v) is 1.44. The lowest BCUT2D eigenvalue weighted by Crippen LogP contribution is -2.39. The van der Waals surface area contributed by atoms with Crippen LogP contribution in [-0.4, -0.2) is 46.1 Å². The van der Waals surface area contributed by atoms with E-state index in [-0.39, 0.29) is 18.8 Å². The van der Waals surface area contributed by atoms with Crippen molar-refractivity contribution in [3.63, 3.8) is 0 Å². The van der Waals surface area contributed by atoms with E-state index in [9.17, 15) is 19.8 Å². The van der Waals surface area contributed by atoms with Crippen LogP contribution < -0.4 is 0 Å². The molecule has 2 N–H and O–H groups in total. The first-order valence-corrected chi connectivity index (χ1v) is 6.04. The Morgan fingerprint density at radius 1 is 1.11 bits per heavy atom. The first-order valence-electron chi connectivity index (χ1n) is 6.04. The maximum atomic E-state index is 11.4. The number of carbonyl (C=O) groups is 2. The van der Waals surface area contributed by atoms with Gasteiger partial charge in [0.2, 0.25) is 6.29 Å². The molecule has 1 aliphatic rings. The molecule has 110 valence electrons. The van der Waals surface area contributed by atoms with Crippen molar-refractivity contribution in [2.24, 2.45) is 5.92 Å². The predicted molar refractivity (Wildman–Crippen MR) is 61.0 cm³/mol. The fraction of sp³-hybridized carbons (Fsp3) is 0.818. The van der Waals surface area contributed by atoms with E-state index in [1.54, 1.807) is 13.8 Å². The molecule has 8 nitrogen and oxygen atoms in total. The SMILES string of the molecule is CC(OC(=O)ON1C(O)CCC1O)OC(=O)C(C)C. The zero-order valence-corrected chi connectivity index (χ0v) is 11.1. The van der Waals surface area contributed by atoms with Crippen LogP contribution in [0.25, 0.3) is 0 Å². The average molecular weight is 277 g/mol. The van der Waals surface area contributed by atoms with Crippen molar-refractivity contribution in [2.45, 2.75) is 52.4 Å². The number of carbonyl (C=O) groups excluding carboxylic acids is 2. The molecule has 1 saturated heterocycles. The van der Waals surface area contributed by atoms with Crippen LogP contribution in [0.1, 0.15) is 33.6 Å². The summed E-state index contributed by atoms with van der Waals surface area (Å²) in [6, 6.07) is 0. The van der Waals surface area contributed by atoms with E-state index < -0.39 is 30.9 Å². The fourth-order valence-electron chi connectivity index (χ4n) is 1.44. The van der Waals surface area contributed by atoms with E-state index in [1.165, 1.54) is 6.92 Å². The molecule has 1 aliphatic heterocycles. The Morgan fingerprint density at radius 2 is 1.63 bits per heavy atom. The molecule has 0 amide bonds. The van der Waals surface area contributed by atoms with Gasteiger partial charge in [-0.3, -0.25) is 4.79 Å². The summed E-state index contributed by atoms with van der Waals surface area (Å²) in [5, 5.41) is 19.6. The zero-order valence-electron chi connectivity index (χ0n) is 11.1. The highest BCUT2D eigenvalue weighted by Crippen LogP contribution is 2.21. The molecular formula is C11H19NO7. The largest absolute Gasteiger partial charge is 0.531 e. The van der Waals surface area contributed by atoms with Crippen molar-refractivity contribution in [1.82, 2.24) is 5.06 Å². The summed E-state index contributed by atoms with van der Waals surface area (Å²) in [6.45, 7) is 4.65. The highest BCUT2D eigenvalue weighted by atomic mass is 16.9. The first-order chi connectivity index (χ1) is 8.81. The number of hydroxylamine groups is 2. The standard InChI is InChI=1S/C11H19NO7/c1-6(2)10(15)17-7(3)18-11(16)19-12-8(13)4-5-9(12)14/h6-9,13-14H,4-5H2,1-3H3. The van der Waals surface area contributed by atoms with Crippen LogP contribution in [0.5, 0.6) is 0 Å². The average Bonchev–Trinajstić information content (AvgIpc) is 2.60. The van der Waals surface area contributed by atoms with Gasteiger partial charge in [0.25, 0.3) is 0 Å². The molecule has 19 heavy (non-hydrogen) atoms. The molecule has 0 bridgehead atoms. The minimum atomic E-state index is -1.16. The van der Waals surface area contributed by atoms with Crippen molar-refractivity contribution in [1.29, 1.82) is 0 Å². The van der Waals surface area contributed by atoms with Crippen LogP contribution >= 0.6 is 0 Å². The van der Waals surface area contributed by atoms with Gasteiger partial charge in [-0.25, -0.2) is 4.79 Å². The van der Waals surface area contributed by atoms with E-state index in [4.69, 9.17) is 4.74 Å².